The molecule has 0 aliphatic heterocycles. The molecule has 0 unspecified atom stereocenters. The van der Waals surface area contributed by atoms with Gasteiger partial charge in [0, 0.05) is 40.8 Å². The van der Waals surface area contributed by atoms with E-state index < -0.39 is 0 Å². The van der Waals surface area contributed by atoms with Crippen LogP contribution in [-0.2, 0) is 0 Å². The van der Waals surface area contributed by atoms with Gasteiger partial charge in [0.1, 0.15) is 17.2 Å². The molecule has 0 bridgehead atoms. The van der Waals surface area contributed by atoms with Crippen LogP contribution in [0.1, 0.15) is 16.7 Å². The molecule has 0 fully saturated rings. The van der Waals surface area contributed by atoms with Crippen molar-refractivity contribution in [1.29, 1.82) is 0 Å². The third-order valence-electron chi connectivity index (χ3n) is 3.10. The first kappa shape index (κ1) is 23.4. The topological polar surface area (TPSA) is 60.7 Å². The maximum absolute atomic E-state index is 8.76. The third kappa shape index (κ3) is 11.6. The summed E-state index contributed by atoms with van der Waals surface area (Å²) in [6.45, 7) is 5.96. The molecular formula is C21H24NdO3. The average molecular weight is 469 g/mol. The number of phenols is 3. The van der Waals surface area contributed by atoms with E-state index in [9.17, 15) is 0 Å². The van der Waals surface area contributed by atoms with Crippen LogP contribution in [0.3, 0.4) is 0 Å². The third-order valence-corrected chi connectivity index (χ3v) is 3.10. The second-order valence-corrected chi connectivity index (χ2v) is 5.51. The number of aryl methyl sites for hydroxylation is 3. The van der Waals surface area contributed by atoms with Crippen molar-refractivity contribution in [1.82, 2.24) is 0 Å². The van der Waals surface area contributed by atoms with Crippen LogP contribution in [0.4, 0.5) is 0 Å². The molecule has 0 radical (unpaired) electrons. The molecule has 0 aliphatic carbocycles. The zero-order chi connectivity index (χ0) is 17.9. The zero-order valence-electron chi connectivity index (χ0n) is 14.8. The van der Waals surface area contributed by atoms with Crippen molar-refractivity contribution in [3.05, 3.63) is 89.5 Å². The van der Waals surface area contributed by atoms with E-state index in [2.05, 4.69) is 0 Å². The maximum atomic E-state index is 8.76. The van der Waals surface area contributed by atoms with Crippen LogP contribution in [-0.4, -0.2) is 15.3 Å². The minimum Gasteiger partial charge on any atom is -0.508 e. The molecular weight excluding hydrogens is 444 g/mol. The smallest absolute Gasteiger partial charge is 0.115 e. The van der Waals surface area contributed by atoms with E-state index in [1.807, 2.05) is 57.2 Å². The Balaban J connectivity index is 0.000000339. The largest absolute Gasteiger partial charge is 0.508 e. The molecule has 3 rings (SSSR count). The van der Waals surface area contributed by atoms with Crippen molar-refractivity contribution < 1.29 is 56.2 Å². The van der Waals surface area contributed by atoms with E-state index in [1.165, 1.54) is 16.7 Å². The van der Waals surface area contributed by atoms with Crippen LogP contribution < -0.4 is 0 Å². The van der Waals surface area contributed by atoms with Gasteiger partial charge >= 0.3 is 0 Å². The van der Waals surface area contributed by atoms with Gasteiger partial charge in [-0.1, -0.05) is 53.1 Å². The molecule has 3 aromatic carbocycles. The fourth-order valence-corrected chi connectivity index (χ4v) is 1.63. The molecule has 0 atom stereocenters. The van der Waals surface area contributed by atoms with Gasteiger partial charge in [0.05, 0.1) is 0 Å². The normalized spacial score (nSPS) is 8.76. The van der Waals surface area contributed by atoms with Crippen LogP contribution in [0, 0.1) is 61.6 Å². The molecule has 130 valence electrons. The van der Waals surface area contributed by atoms with Gasteiger partial charge in [0.25, 0.3) is 0 Å². The molecule has 0 spiro atoms. The fourth-order valence-electron chi connectivity index (χ4n) is 1.63. The summed E-state index contributed by atoms with van der Waals surface area (Å²) in [6.07, 6.45) is 0. The molecule has 3 N–H and O–H groups in total. The van der Waals surface area contributed by atoms with Gasteiger partial charge < -0.3 is 15.3 Å². The quantitative estimate of drug-likeness (QED) is 0.430. The molecule has 3 nitrogen and oxygen atoms in total. The van der Waals surface area contributed by atoms with Gasteiger partial charge in [-0.2, -0.15) is 0 Å². The summed E-state index contributed by atoms with van der Waals surface area (Å²) < 4.78 is 0. The van der Waals surface area contributed by atoms with E-state index in [1.54, 1.807) is 36.4 Å². The first-order chi connectivity index (χ1) is 11.4. The Bertz CT molecular complexity index is 539. The minimum atomic E-state index is 0. The molecule has 4 heteroatoms. The maximum Gasteiger partial charge on any atom is 0.115 e. The van der Waals surface area contributed by atoms with E-state index in [0.717, 1.165) is 0 Å². The van der Waals surface area contributed by atoms with Gasteiger partial charge in [-0.15, -0.1) is 0 Å². The zero-order valence-corrected chi connectivity index (χ0v) is 18.0. The fraction of sp³-hybridized carbons (Fsp3) is 0.143. The number of benzene rings is 3. The van der Waals surface area contributed by atoms with Crippen molar-refractivity contribution in [3.63, 3.8) is 0 Å². The molecule has 25 heavy (non-hydrogen) atoms. The van der Waals surface area contributed by atoms with Crippen molar-refractivity contribution in [3.8, 4) is 17.2 Å². The predicted octanol–water partition coefficient (Wildman–Crippen LogP) is 5.10. The number of phenolic OH excluding ortho intramolecular Hbond substituents is 3. The SMILES string of the molecule is Cc1ccc(O)cc1.Cc1ccc(O)cc1.Cc1ccc(O)cc1.[Nd]. The number of hydrogen-bond acceptors (Lipinski definition) is 3. The number of rotatable bonds is 0. The van der Waals surface area contributed by atoms with Gasteiger partial charge in [-0.05, 0) is 57.2 Å². The summed E-state index contributed by atoms with van der Waals surface area (Å²) in [7, 11) is 0. The average Bonchev–Trinajstić information content (AvgIpc) is 2.57. The molecule has 0 saturated heterocycles. The van der Waals surface area contributed by atoms with Crippen LogP contribution in [0.2, 0.25) is 0 Å². The van der Waals surface area contributed by atoms with Crippen LogP contribution in [0.5, 0.6) is 17.2 Å². The summed E-state index contributed by atoms with van der Waals surface area (Å²) in [6, 6.07) is 21.3. The molecule has 0 saturated carbocycles. The van der Waals surface area contributed by atoms with Gasteiger partial charge in [0.2, 0.25) is 0 Å². The molecule has 0 aliphatic rings. The van der Waals surface area contributed by atoms with Crippen LogP contribution in [0.25, 0.3) is 0 Å². The molecule has 3 aromatic rings. The molecule has 0 aromatic heterocycles. The van der Waals surface area contributed by atoms with E-state index in [4.69, 9.17) is 15.3 Å². The first-order valence-electron chi connectivity index (χ1n) is 7.63. The Labute approximate surface area is 182 Å². The Kier molecular flexibility index (Phi) is 11.9. The Morgan fingerprint density at radius 2 is 0.560 bits per heavy atom. The number of hydrogen-bond donors (Lipinski definition) is 3. The van der Waals surface area contributed by atoms with Crippen LogP contribution >= 0.6 is 0 Å². The van der Waals surface area contributed by atoms with E-state index in [0.29, 0.717) is 17.2 Å². The summed E-state index contributed by atoms with van der Waals surface area (Å²) in [4.78, 5) is 0. The van der Waals surface area contributed by atoms with Gasteiger partial charge in [0.15, 0.2) is 0 Å². The minimum absolute atomic E-state index is 0. The standard InChI is InChI=1S/3C7H8O.Nd/c3*1-6-2-4-7(8)5-3-6;/h3*2-5,8H,1H3;. The van der Waals surface area contributed by atoms with Gasteiger partial charge in [-0.3, -0.25) is 0 Å². The summed E-state index contributed by atoms with van der Waals surface area (Å²) >= 11 is 0. The van der Waals surface area contributed by atoms with Crippen LogP contribution in [0.15, 0.2) is 72.8 Å². The summed E-state index contributed by atoms with van der Waals surface area (Å²) in [5, 5.41) is 26.3. The van der Waals surface area contributed by atoms with Crippen molar-refractivity contribution in [2.75, 3.05) is 0 Å². The van der Waals surface area contributed by atoms with Gasteiger partial charge in [-0.25, -0.2) is 0 Å². The molecule has 0 heterocycles. The van der Waals surface area contributed by atoms with E-state index in [-0.39, 0.29) is 40.8 Å². The van der Waals surface area contributed by atoms with Crippen molar-refractivity contribution >= 4 is 0 Å². The Morgan fingerprint density at radius 3 is 0.680 bits per heavy atom. The predicted molar refractivity (Wildman–Crippen MR) is 98.5 cm³/mol. The monoisotopic (exact) mass is 466 g/mol. The Hall–Kier alpha value is -1.59. The van der Waals surface area contributed by atoms with Crippen molar-refractivity contribution in [2.24, 2.45) is 0 Å². The second-order valence-electron chi connectivity index (χ2n) is 5.51. The summed E-state index contributed by atoms with van der Waals surface area (Å²) in [5.74, 6) is 0.988. The second kappa shape index (κ2) is 12.7. The summed E-state index contributed by atoms with van der Waals surface area (Å²) in [5.41, 5.74) is 3.51. The Morgan fingerprint density at radius 1 is 0.400 bits per heavy atom. The van der Waals surface area contributed by atoms with E-state index >= 15 is 0 Å². The van der Waals surface area contributed by atoms with Crippen molar-refractivity contribution in [2.45, 2.75) is 20.8 Å². The molecule has 0 amide bonds. The number of aromatic hydroxyl groups is 3. The first-order valence-corrected chi connectivity index (χ1v) is 7.63.